The summed E-state index contributed by atoms with van der Waals surface area (Å²) in [6.45, 7) is 1.16. The number of carboxylic acids is 1. The SMILES string of the molecule is O=C(O)CC1(CS(=O)(=O)CC2CCOC2)CC1. The monoisotopic (exact) mass is 262 g/mol. The second-order valence-corrected chi connectivity index (χ2v) is 7.46. The van der Waals surface area contributed by atoms with Crippen molar-refractivity contribution in [2.45, 2.75) is 25.7 Å². The van der Waals surface area contributed by atoms with Crippen LogP contribution >= 0.6 is 0 Å². The number of hydrogen-bond acceptors (Lipinski definition) is 4. The van der Waals surface area contributed by atoms with Gasteiger partial charge in [-0.3, -0.25) is 4.79 Å². The van der Waals surface area contributed by atoms with Crippen molar-refractivity contribution in [1.82, 2.24) is 0 Å². The highest BCUT2D eigenvalue weighted by Gasteiger charge is 2.47. The maximum Gasteiger partial charge on any atom is 0.303 e. The van der Waals surface area contributed by atoms with Crippen molar-refractivity contribution >= 4 is 15.8 Å². The molecule has 0 amide bonds. The molecule has 2 fully saturated rings. The van der Waals surface area contributed by atoms with Crippen molar-refractivity contribution in [3.8, 4) is 0 Å². The van der Waals surface area contributed by atoms with Crippen LogP contribution in [0.1, 0.15) is 25.7 Å². The Kier molecular flexibility index (Phi) is 3.45. The van der Waals surface area contributed by atoms with Crippen molar-refractivity contribution < 1.29 is 23.1 Å². The van der Waals surface area contributed by atoms with Crippen LogP contribution in [0.2, 0.25) is 0 Å². The first-order valence-corrected chi connectivity index (χ1v) is 7.73. The highest BCUT2D eigenvalue weighted by atomic mass is 32.2. The maximum absolute atomic E-state index is 12.0. The highest BCUT2D eigenvalue weighted by Crippen LogP contribution is 2.50. The molecule has 1 atom stereocenters. The summed E-state index contributed by atoms with van der Waals surface area (Å²) in [5.74, 6) is -0.625. The van der Waals surface area contributed by atoms with Crippen LogP contribution in [0.15, 0.2) is 0 Å². The smallest absolute Gasteiger partial charge is 0.303 e. The summed E-state index contributed by atoms with van der Waals surface area (Å²) in [6, 6.07) is 0. The molecule has 1 aliphatic heterocycles. The number of carbonyl (C=O) groups is 1. The topological polar surface area (TPSA) is 80.7 Å². The summed E-state index contributed by atoms with van der Waals surface area (Å²) in [6.07, 6.45) is 2.22. The zero-order chi connectivity index (χ0) is 12.5. The van der Waals surface area contributed by atoms with E-state index in [2.05, 4.69) is 0 Å². The molecule has 0 radical (unpaired) electrons. The number of ether oxygens (including phenoxy) is 1. The van der Waals surface area contributed by atoms with E-state index in [1.165, 1.54) is 0 Å². The van der Waals surface area contributed by atoms with E-state index in [0.717, 1.165) is 19.3 Å². The Hall–Kier alpha value is -0.620. The molecule has 0 aromatic heterocycles. The van der Waals surface area contributed by atoms with Crippen LogP contribution < -0.4 is 0 Å². The van der Waals surface area contributed by atoms with Gasteiger partial charge in [0.1, 0.15) is 0 Å². The van der Waals surface area contributed by atoms with Gasteiger partial charge in [0.25, 0.3) is 0 Å². The van der Waals surface area contributed by atoms with Crippen molar-refractivity contribution in [2.24, 2.45) is 11.3 Å². The van der Waals surface area contributed by atoms with Crippen LogP contribution in [0.25, 0.3) is 0 Å². The van der Waals surface area contributed by atoms with Gasteiger partial charge in [-0.25, -0.2) is 8.42 Å². The van der Waals surface area contributed by atoms with Crippen LogP contribution in [0.3, 0.4) is 0 Å². The fourth-order valence-corrected chi connectivity index (χ4v) is 4.89. The zero-order valence-corrected chi connectivity index (χ0v) is 10.5. The van der Waals surface area contributed by atoms with Gasteiger partial charge in [0.15, 0.2) is 9.84 Å². The van der Waals surface area contributed by atoms with Gasteiger partial charge in [-0.1, -0.05) is 0 Å². The predicted octanol–water partition coefficient (Wildman–Crippen LogP) is 0.693. The molecule has 2 aliphatic rings. The summed E-state index contributed by atoms with van der Waals surface area (Å²) < 4.78 is 29.1. The Bertz CT molecular complexity index is 390. The van der Waals surface area contributed by atoms with E-state index >= 15 is 0 Å². The molecular formula is C11H18O5S. The highest BCUT2D eigenvalue weighted by molar-refractivity contribution is 7.91. The average molecular weight is 262 g/mol. The van der Waals surface area contributed by atoms with E-state index in [4.69, 9.17) is 9.84 Å². The summed E-state index contributed by atoms with van der Waals surface area (Å²) in [5, 5.41) is 8.76. The minimum absolute atomic E-state index is 0.0204. The Labute approximate surface area is 101 Å². The van der Waals surface area contributed by atoms with Gasteiger partial charge < -0.3 is 9.84 Å². The molecule has 0 aromatic rings. The number of aliphatic carboxylic acids is 1. The Morgan fingerprint density at radius 3 is 2.59 bits per heavy atom. The van der Waals surface area contributed by atoms with Crippen LogP contribution in [0, 0.1) is 11.3 Å². The summed E-state index contributed by atoms with van der Waals surface area (Å²) in [4.78, 5) is 10.7. The summed E-state index contributed by atoms with van der Waals surface area (Å²) >= 11 is 0. The quantitative estimate of drug-likeness (QED) is 0.761. The van der Waals surface area contributed by atoms with Crippen LogP contribution in [0.5, 0.6) is 0 Å². The lowest BCUT2D eigenvalue weighted by molar-refractivity contribution is -0.138. The Balaban J connectivity index is 1.90. The maximum atomic E-state index is 12.0. The van der Waals surface area contributed by atoms with E-state index in [0.29, 0.717) is 13.2 Å². The van der Waals surface area contributed by atoms with Gasteiger partial charge in [0.2, 0.25) is 0 Å². The van der Waals surface area contributed by atoms with Gasteiger partial charge >= 0.3 is 5.97 Å². The van der Waals surface area contributed by atoms with Gasteiger partial charge in [-0.15, -0.1) is 0 Å². The lowest BCUT2D eigenvalue weighted by atomic mass is 10.1. The minimum atomic E-state index is -3.15. The molecule has 5 nitrogen and oxygen atoms in total. The third-order valence-electron chi connectivity index (χ3n) is 3.52. The first kappa shape index (κ1) is 12.8. The number of carboxylic acid groups (broad SMARTS) is 1. The predicted molar refractivity (Wildman–Crippen MR) is 61.5 cm³/mol. The zero-order valence-electron chi connectivity index (χ0n) is 9.72. The van der Waals surface area contributed by atoms with Gasteiger partial charge in [0, 0.05) is 6.61 Å². The molecule has 0 bridgehead atoms. The molecule has 0 spiro atoms. The number of hydrogen-bond donors (Lipinski definition) is 1. The average Bonchev–Trinajstić information content (AvgIpc) is 2.72. The van der Waals surface area contributed by atoms with Crippen molar-refractivity contribution in [1.29, 1.82) is 0 Å². The van der Waals surface area contributed by atoms with Gasteiger partial charge in [-0.2, -0.15) is 0 Å². The van der Waals surface area contributed by atoms with E-state index in [1.54, 1.807) is 0 Å². The Morgan fingerprint density at radius 1 is 1.41 bits per heavy atom. The normalized spacial score (nSPS) is 26.9. The van der Waals surface area contributed by atoms with Crippen molar-refractivity contribution in [2.75, 3.05) is 24.7 Å². The molecule has 1 saturated heterocycles. The van der Waals surface area contributed by atoms with Gasteiger partial charge in [0.05, 0.1) is 24.5 Å². The standard InChI is InChI=1S/C11H18O5S/c12-10(13)5-11(2-3-11)8-17(14,15)7-9-1-4-16-6-9/h9H,1-8H2,(H,12,13). The molecule has 98 valence electrons. The minimum Gasteiger partial charge on any atom is -0.481 e. The molecule has 1 aliphatic carbocycles. The molecule has 6 heteroatoms. The first-order chi connectivity index (χ1) is 7.91. The van der Waals surface area contributed by atoms with Gasteiger partial charge in [-0.05, 0) is 30.6 Å². The largest absolute Gasteiger partial charge is 0.481 e. The lowest BCUT2D eigenvalue weighted by Gasteiger charge is -2.14. The van der Waals surface area contributed by atoms with Crippen LogP contribution in [-0.2, 0) is 19.4 Å². The number of sulfone groups is 1. The van der Waals surface area contributed by atoms with E-state index in [1.807, 2.05) is 0 Å². The summed E-state index contributed by atoms with van der Waals surface area (Å²) in [7, 11) is -3.15. The third-order valence-corrected chi connectivity index (χ3v) is 5.55. The second kappa shape index (κ2) is 4.57. The van der Waals surface area contributed by atoms with Crippen LogP contribution in [0.4, 0.5) is 0 Å². The number of rotatable bonds is 6. The third kappa shape index (κ3) is 3.67. The molecule has 1 saturated carbocycles. The molecular weight excluding hydrogens is 244 g/mol. The van der Waals surface area contributed by atoms with Crippen LogP contribution in [-0.4, -0.2) is 44.2 Å². The van der Waals surface area contributed by atoms with E-state index in [-0.39, 0.29) is 23.8 Å². The van der Waals surface area contributed by atoms with Crippen molar-refractivity contribution in [3.63, 3.8) is 0 Å². The molecule has 1 heterocycles. The molecule has 1 N–H and O–H groups in total. The fourth-order valence-electron chi connectivity index (χ4n) is 2.47. The fraction of sp³-hybridized carbons (Fsp3) is 0.909. The molecule has 17 heavy (non-hydrogen) atoms. The summed E-state index contributed by atoms with van der Waals surface area (Å²) in [5.41, 5.74) is -0.468. The molecule has 2 rings (SSSR count). The van der Waals surface area contributed by atoms with E-state index in [9.17, 15) is 13.2 Å². The molecule has 1 unspecified atom stereocenters. The lowest BCUT2D eigenvalue weighted by Crippen LogP contribution is -2.26. The van der Waals surface area contributed by atoms with Crippen molar-refractivity contribution in [3.05, 3.63) is 0 Å². The van der Waals surface area contributed by atoms with E-state index < -0.39 is 21.2 Å². The Morgan fingerprint density at radius 2 is 2.12 bits per heavy atom. The second-order valence-electron chi connectivity index (χ2n) is 5.35. The molecule has 0 aromatic carbocycles. The first-order valence-electron chi connectivity index (χ1n) is 5.91.